The highest BCUT2D eigenvalue weighted by molar-refractivity contribution is 7.88. The predicted octanol–water partition coefficient (Wildman–Crippen LogP) is 1.89. The van der Waals surface area contributed by atoms with Crippen LogP contribution in [0.5, 0.6) is 0 Å². The molecule has 0 saturated carbocycles. The molecule has 1 N–H and O–H groups in total. The van der Waals surface area contributed by atoms with Crippen LogP contribution >= 0.6 is 0 Å². The molecule has 3 rings (SSSR count). The van der Waals surface area contributed by atoms with Crippen molar-refractivity contribution in [2.45, 2.75) is 13.0 Å². The summed E-state index contributed by atoms with van der Waals surface area (Å²) in [5.41, 5.74) is 3.84. The molecule has 0 unspecified atom stereocenters. The lowest BCUT2D eigenvalue weighted by Gasteiger charge is -2.29. The quantitative estimate of drug-likeness (QED) is 0.691. The fourth-order valence-corrected chi connectivity index (χ4v) is 3.87. The Labute approximate surface area is 178 Å². The van der Waals surface area contributed by atoms with Crippen LogP contribution in [0.4, 0.5) is 5.69 Å². The lowest BCUT2D eigenvalue weighted by molar-refractivity contribution is 0.0785. The molecule has 0 atom stereocenters. The molecule has 7 nitrogen and oxygen atoms in total. The van der Waals surface area contributed by atoms with Gasteiger partial charge in [0.2, 0.25) is 10.0 Å². The number of benzene rings is 2. The Morgan fingerprint density at radius 3 is 2.23 bits per heavy atom. The minimum Gasteiger partial charge on any atom is -0.378 e. The van der Waals surface area contributed by atoms with Crippen molar-refractivity contribution >= 4 is 21.6 Å². The molecule has 1 heterocycles. The molecule has 30 heavy (non-hydrogen) atoms. The first-order valence-corrected chi connectivity index (χ1v) is 11.9. The summed E-state index contributed by atoms with van der Waals surface area (Å²) in [5, 5.41) is 0. The van der Waals surface area contributed by atoms with E-state index in [2.05, 4.69) is 33.9 Å². The number of morpholine rings is 1. The molecule has 1 fully saturated rings. The number of nitrogens with zero attached hydrogens (tertiary/aromatic N) is 2. The second-order valence-electron chi connectivity index (χ2n) is 7.54. The lowest BCUT2D eigenvalue weighted by atomic mass is 10.1. The van der Waals surface area contributed by atoms with Gasteiger partial charge in [-0.05, 0) is 41.8 Å². The van der Waals surface area contributed by atoms with Crippen molar-refractivity contribution in [3.05, 3.63) is 65.2 Å². The van der Waals surface area contributed by atoms with E-state index in [-0.39, 0.29) is 5.91 Å². The van der Waals surface area contributed by atoms with Crippen LogP contribution in [0.1, 0.15) is 21.5 Å². The molecule has 1 aliphatic heterocycles. The Balaban J connectivity index is 1.53. The van der Waals surface area contributed by atoms with Gasteiger partial charge in [-0.1, -0.05) is 24.3 Å². The monoisotopic (exact) mass is 431 g/mol. The molecule has 0 spiro atoms. The van der Waals surface area contributed by atoms with E-state index in [1.807, 2.05) is 12.1 Å². The highest BCUT2D eigenvalue weighted by atomic mass is 32.2. The average Bonchev–Trinajstić information content (AvgIpc) is 2.74. The van der Waals surface area contributed by atoms with Crippen molar-refractivity contribution < 1.29 is 17.9 Å². The first-order chi connectivity index (χ1) is 14.3. The Hall–Kier alpha value is -2.42. The van der Waals surface area contributed by atoms with Gasteiger partial charge < -0.3 is 14.5 Å². The Bertz CT molecular complexity index is 937. The smallest absolute Gasteiger partial charge is 0.253 e. The van der Waals surface area contributed by atoms with Gasteiger partial charge in [-0.15, -0.1) is 0 Å². The van der Waals surface area contributed by atoms with Crippen LogP contribution in [0.3, 0.4) is 0 Å². The summed E-state index contributed by atoms with van der Waals surface area (Å²) < 4.78 is 30.1. The topological polar surface area (TPSA) is 79.0 Å². The van der Waals surface area contributed by atoms with Gasteiger partial charge in [0.25, 0.3) is 5.91 Å². The second kappa shape index (κ2) is 10.1. The summed E-state index contributed by atoms with van der Waals surface area (Å²) in [6, 6.07) is 15.6. The van der Waals surface area contributed by atoms with E-state index in [1.165, 1.54) is 5.69 Å². The molecule has 2 aromatic carbocycles. The van der Waals surface area contributed by atoms with Gasteiger partial charge in [0.15, 0.2) is 0 Å². The number of carbonyl (C=O) groups is 1. The van der Waals surface area contributed by atoms with E-state index in [4.69, 9.17) is 4.74 Å². The van der Waals surface area contributed by atoms with Crippen LogP contribution in [0.15, 0.2) is 48.5 Å². The third kappa shape index (κ3) is 6.55. The van der Waals surface area contributed by atoms with Crippen molar-refractivity contribution in [1.82, 2.24) is 9.62 Å². The maximum atomic E-state index is 12.7. The molecule has 1 aliphatic rings. The van der Waals surface area contributed by atoms with E-state index in [0.29, 0.717) is 25.1 Å². The third-order valence-corrected chi connectivity index (χ3v) is 5.79. The van der Waals surface area contributed by atoms with E-state index in [0.717, 1.165) is 43.7 Å². The van der Waals surface area contributed by atoms with Gasteiger partial charge in [-0.2, -0.15) is 0 Å². The average molecular weight is 432 g/mol. The summed E-state index contributed by atoms with van der Waals surface area (Å²) in [7, 11) is -1.39. The summed E-state index contributed by atoms with van der Waals surface area (Å²) in [6.07, 6.45) is 1.72. The number of nitrogens with one attached hydrogen (secondary N) is 1. The molecular formula is C22H29N3O4S. The maximum Gasteiger partial charge on any atom is 0.253 e. The van der Waals surface area contributed by atoms with Crippen molar-refractivity contribution in [2.75, 3.05) is 51.1 Å². The van der Waals surface area contributed by atoms with E-state index in [9.17, 15) is 13.2 Å². The molecule has 8 heteroatoms. The molecular weight excluding hydrogens is 402 g/mol. The molecule has 2 aromatic rings. The minimum atomic E-state index is -3.19. The number of hydrogen-bond donors (Lipinski definition) is 1. The van der Waals surface area contributed by atoms with Crippen LogP contribution < -0.4 is 9.62 Å². The van der Waals surface area contributed by atoms with Gasteiger partial charge in [0, 0.05) is 44.5 Å². The lowest BCUT2D eigenvalue weighted by Crippen LogP contribution is -2.36. The van der Waals surface area contributed by atoms with Crippen molar-refractivity contribution in [3.8, 4) is 0 Å². The van der Waals surface area contributed by atoms with Gasteiger partial charge in [-0.25, -0.2) is 13.1 Å². The van der Waals surface area contributed by atoms with Gasteiger partial charge in [-0.3, -0.25) is 4.79 Å². The maximum absolute atomic E-state index is 12.7. The Morgan fingerprint density at radius 1 is 1.03 bits per heavy atom. The van der Waals surface area contributed by atoms with Crippen molar-refractivity contribution in [2.24, 2.45) is 0 Å². The molecule has 0 aromatic heterocycles. The first kappa shape index (κ1) is 22.3. The highest BCUT2D eigenvalue weighted by Crippen LogP contribution is 2.18. The van der Waals surface area contributed by atoms with Crippen LogP contribution in [-0.2, 0) is 27.7 Å². The largest absolute Gasteiger partial charge is 0.378 e. The number of sulfonamides is 1. The molecule has 0 aliphatic carbocycles. The number of ether oxygens (including phenoxy) is 1. The minimum absolute atomic E-state index is 0.0481. The number of carbonyl (C=O) groups excluding carboxylic acids is 1. The number of hydrogen-bond acceptors (Lipinski definition) is 5. The van der Waals surface area contributed by atoms with Gasteiger partial charge >= 0.3 is 0 Å². The number of anilines is 1. The standard InChI is InChI=1S/C22H29N3O4S/c1-24(17-19-5-9-21(10-6-19)25-13-15-29-16-14-25)22(26)20-7-3-18(4-8-20)11-12-23-30(2,27)28/h3-10,23H,11-17H2,1-2H3. The van der Waals surface area contributed by atoms with Crippen LogP contribution in [-0.4, -0.2) is 65.4 Å². The third-order valence-electron chi connectivity index (χ3n) is 5.06. The van der Waals surface area contributed by atoms with E-state index >= 15 is 0 Å². The van der Waals surface area contributed by atoms with Crippen LogP contribution in [0.25, 0.3) is 0 Å². The highest BCUT2D eigenvalue weighted by Gasteiger charge is 2.14. The van der Waals surface area contributed by atoms with E-state index in [1.54, 1.807) is 24.1 Å². The Morgan fingerprint density at radius 2 is 1.63 bits per heavy atom. The second-order valence-corrected chi connectivity index (χ2v) is 9.37. The fraction of sp³-hybridized carbons (Fsp3) is 0.409. The van der Waals surface area contributed by atoms with Crippen LogP contribution in [0.2, 0.25) is 0 Å². The summed E-state index contributed by atoms with van der Waals surface area (Å²) >= 11 is 0. The first-order valence-electron chi connectivity index (χ1n) is 10.0. The summed E-state index contributed by atoms with van der Waals surface area (Å²) in [4.78, 5) is 16.7. The zero-order valence-corrected chi connectivity index (χ0v) is 18.3. The summed E-state index contributed by atoms with van der Waals surface area (Å²) in [5.74, 6) is -0.0481. The molecule has 1 saturated heterocycles. The molecule has 162 valence electrons. The van der Waals surface area contributed by atoms with Gasteiger partial charge in [0.05, 0.1) is 19.5 Å². The zero-order valence-electron chi connectivity index (χ0n) is 17.5. The van der Waals surface area contributed by atoms with E-state index < -0.39 is 10.0 Å². The molecule has 1 amide bonds. The van der Waals surface area contributed by atoms with Gasteiger partial charge in [0.1, 0.15) is 0 Å². The SMILES string of the molecule is CN(Cc1ccc(N2CCOCC2)cc1)C(=O)c1ccc(CCNS(C)(=O)=O)cc1. The Kier molecular flexibility index (Phi) is 7.47. The van der Waals surface area contributed by atoms with Crippen molar-refractivity contribution in [1.29, 1.82) is 0 Å². The predicted molar refractivity (Wildman–Crippen MR) is 118 cm³/mol. The summed E-state index contributed by atoms with van der Waals surface area (Å²) in [6.45, 7) is 4.18. The van der Waals surface area contributed by atoms with Crippen LogP contribution in [0, 0.1) is 0 Å². The number of amides is 1. The molecule has 0 radical (unpaired) electrons. The van der Waals surface area contributed by atoms with Crippen molar-refractivity contribution in [3.63, 3.8) is 0 Å². The number of rotatable bonds is 8. The fourth-order valence-electron chi connectivity index (χ4n) is 3.39. The molecule has 0 bridgehead atoms. The normalized spacial score (nSPS) is 14.5. The zero-order chi connectivity index (χ0) is 21.6.